The van der Waals surface area contributed by atoms with E-state index in [9.17, 15) is 8.78 Å². The van der Waals surface area contributed by atoms with E-state index >= 15 is 0 Å². The maximum atomic E-state index is 14.0. The van der Waals surface area contributed by atoms with Gasteiger partial charge < -0.3 is 10.1 Å². The largest absolute Gasteiger partial charge is 0.494 e. The molecule has 21 heavy (non-hydrogen) atoms. The molecule has 1 unspecified atom stereocenters. The van der Waals surface area contributed by atoms with Gasteiger partial charge in [0.05, 0.1) is 12.6 Å². The van der Waals surface area contributed by atoms with Crippen molar-refractivity contribution < 1.29 is 13.5 Å². The first-order valence-corrected chi connectivity index (χ1v) is 7.06. The van der Waals surface area contributed by atoms with E-state index < -0.39 is 11.6 Å². The maximum Gasteiger partial charge on any atom is 0.131 e. The summed E-state index contributed by atoms with van der Waals surface area (Å²) in [5, 5.41) is 3.22. The molecule has 4 heteroatoms. The lowest BCUT2D eigenvalue weighted by atomic mass is 9.98. The third-order valence-corrected chi connectivity index (χ3v) is 3.21. The summed E-state index contributed by atoms with van der Waals surface area (Å²) in [6.07, 6.45) is 0. The topological polar surface area (TPSA) is 21.3 Å². The van der Waals surface area contributed by atoms with Crippen molar-refractivity contribution in [1.29, 1.82) is 0 Å². The van der Waals surface area contributed by atoms with E-state index in [1.165, 1.54) is 12.1 Å². The Morgan fingerprint density at radius 2 is 1.76 bits per heavy atom. The first-order chi connectivity index (χ1) is 10.2. The summed E-state index contributed by atoms with van der Waals surface area (Å²) in [4.78, 5) is 0. The predicted molar refractivity (Wildman–Crippen MR) is 79.5 cm³/mol. The molecule has 1 N–H and O–H groups in total. The van der Waals surface area contributed by atoms with Gasteiger partial charge in [-0.05, 0) is 37.2 Å². The molecule has 0 aliphatic rings. The Morgan fingerprint density at radius 1 is 1.05 bits per heavy atom. The van der Waals surface area contributed by atoms with Gasteiger partial charge in [0, 0.05) is 11.6 Å². The molecule has 2 nitrogen and oxygen atoms in total. The smallest absolute Gasteiger partial charge is 0.131 e. The molecule has 0 aromatic heterocycles. The van der Waals surface area contributed by atoms with Crippen molar-refractivity contribution in [2.75, 3.05) is 13.2 Å². The molecule has 0 aliphatic carbocycles. The highest BCUT2D eigenvalue weighted by Gasteiger charge is 2.17. The average Bonchev–Trinajstić information content (AvgIpc) is 2.47. The predicted octanol–water partition coefficient (Wildman–Crippen LogP) is 4.06. The Labute approximate surface area is 123 Å². The summed E-state index contributed by atoms with van der Waals surface area (Å²) in [6.45, 7) is 5.14. The summed E-state index contributed by atoms with van der Waals surface area (Å²) in [5.74, 6) is -0.343. The van der Waals surface area contributed by atoms with E-state index in [0.29, 0.717) is 18.7 Å². The molecule has 0 bridgehead atoms. The Kier molecular flexibility index (Phi) is 5.28. The van der Waals surface area contributed by atoms with Gasteiger partial charge in [-0.1, -0.05) is 25.1 Å². The monoisotopic (exact) mass is 291 g/mol. The molecule has 2 aromatic carbocycles. The van der Waals surface area contributed by atoms with E-state index in [4.69, 9.17) is 4.74 Å². The van der Waals surface area contributed by atoms with Crippen LogP contribution in [0.4, 0.5) is 8.78 Å². The van der Waals surface area contributed by atoms with Crippen molar-refractivity contribution in [2.24, 2.45) is 0 Å². The van der Waals surface area contributed by atoms with Crippen LogP contribution in [0.2, 0.25) is 0 Å². The van der Waals surface area contributed by atoms with Gasteiger partial charge in [0.25, 0.3) is 0 Å². The second kappa shape index (κ2) is 7.18. The molecule has 0 fully saturated rings. The number of hydrogen-bond acceptors (Lipinski definition) is 2. The van der Waals surface area contributed by atoms with E-state index in [1.807, 2.05) is 38.1 Å². The fourth-order valence-corrected chi connectivity index (χ4v) is 2.27. The van der Waals surface area contributed by atoms with Crippen molar-refractivity contribution in [1.82, 2.24) is 5.32 Å². The lowest BCUT2D eigenvalue weighted by molar-refractivity contribution is 0.340. The molecule has 2 aromatic rings. The van der Waals surface area contributed by atoms with Crippen molar-refractivity contribution >= 4 is 0 Å². The molecule has 0 radical (unpaired) electrons. The fourth-order valence-electron chi connectivity index (χ4n) is 2.27. The molecular weight excluding hydrogens is 272 g/mol. The van der Waals surface area contributed by atoms with Gasteiger partial charge in [-0.15, -0.1) is 0 Å². The van der Waals surface area contributed by atoms with Gasteiger partial charge in [0.15, 0.2) is 0 Å². The van der Waals surface area contributed by atoms with Crippen LogP contribution in [-0.2, 0) is 0 Å². The van der Waals surface area contributed by atoms with Gasteiger partial charge >= 0.3 is 0 Å². The molecule has 0 amide bonds. The molecule has 1 atom stereocenters. The summed E-state index contributed by atoms with van der Waals surface area (Å²) < 4.78 is 32.5. The summed E-state index contributed by atoms with van der Waals surface area (Å²) in [5.41, 5.74) is 1.34. The van der Waals surface area contributed by atoms with Gasteiger partial charge in [-0.2, -0.15) is 0 Å². The van der Waals surface area contributed by atoms with Crippen molar-refractivity contribution in [2.45, 2.75) is 19.9 Å². The van der Waals surface area contributed by atoms with E-state index in [1.54, 1.807) is 0 Å². The standard InChI is InChI=1S/C17H19F2NO/c1-3-20-17(15-10-7-13(18)11-16(15)19)12-5-8-14(9-6-12)21-4-2/h5-11,17,20H,3-4H2,1-2H3. The highest BCUT2D eigenvalue weighted by atomic mass is 19.1. The minimum Gasteiger partial charge on any atom is -0.494 e. The number of halogens is 2. The molecule has 0 saturated heterocycles. The lowest BCUT2D eigenvalue weighted by Gasteiger charge is -2.20. The zero-order chi connectivity index (χ0) is 15.2. The lowest BCUT2D eigenvalue weighted by Crippen LogP contribution is -2.23. The number of hydrogen-bond donors (Lipinski definition) is 1. The van der Waals surface area contributed by atoms with Gasteiger partial charge in [-0.25, -0.2) is 8.78 Å². The van der Waals surface area contributed by atoms with Crippen LogP contribution >= 0.6 is 0 Å². The first-order valence-electron chi connectivity index (χ1n) is 7.06. The van der Waals surface area contributed by atoms with Crippen molar-refractivity contribution in [3.05, 3.63) is 65.2 Å². The minimum absolute atomic E-state index is 0.314. The van der Waals surface area contributed by atoms with Crippen LogP contribution in [0.25, 0.3) is 0 Å². The molecule has 0 aliphatic heterocycles. The van der Waals surface area contributed by atoms with Crippen LogP contribution in [0.3, 0.4) is 0 Å². The van der Waals surface area contributed by atoms with Crippen LogP contribution in [0.5, 0.6) is 5.75 Å². The Balaban J connectivity index is 2.33. The molecular formula is C17H19F2NO. The van der Waals surface area contributed by atoms with Gasteiger partial charge in [0.1, 0.15) is 17.4 Å². The van der Waals surface area contributed by atoms with Crippen LogP contribution in [0.15, 0.2) is 42.5 Å². The van der Waals surface area contributed by atoms with Crippen LogP contribution in [-0.4, -0.2) is 13.2 Å². The third kappa shape index (κ3) is 3.79. The quantitative estimate of drug-likeness (QED) is 0.866. The fraction of sp³-hybridized carbons (Fsp3) is 0.294. The summed E-state index contributed by atoms with van der Waals surface area (Å²) in [6, 6.07) is 10.8. The SMILES string of the molecule is CCNC(c1ccc(OCC)cc1)c1ccc(F)cc1F. The second-order valence-corrected chi connectivity index (χ2v) is 4.66. The molecule has 0 spiro atoms. The Bertz CT molecular complexity index is 584. The molecule has 2 rings (SSSR count). The zero-order valence-electron chi connectivity index (χ0n) is 12.2. The minimum atomic E-state index is -0.571. The number of ether oxygens (including phenoxy) is 1. The van der Waals surface area contributed by atoms with Crippen molar-refractivity contribution in [3.63, 3.8) is 0 Å². The van der Waals surface area contributed by atoms with Gasteiger partial charge in [-0.3, -0.25) is 0 Å². The maximum absolute atomic E-state index is 14.0. The molecule has 0 heterocycles. The zero-order valence-corrected chi connectivity index (χ0v) is 12.2. The normalized spacial score (nSPS) is 12.2. The Hall–Kier alpha value is -1.94. The number of nitrogens with one attached hydrogen (secondary N) is 1. The van der Waals surface area contributed by atoms with E-state index in [-0.39, 0.29) is 6.04 Å². The number of benzene rings is 2. The van der Waals surface area contributed by atoms with Crippen LogP contribution < -0.4 is 10.1 Å². The molecule has 112 valence electrons. The van der Waals surface area contributed by atoms with Gasteiger partial charge in [0.2, 0.25) is 0 Å². The summed E-state index contributed by atoms with van der Waals surface area (Å²) >= 11 is 0. The highest BCUT2D eigenvalue weighted by molar-refractivity contribution is 5.36. The third-order valence-electron chi connectivity index (χ3n) is 3.21. The Morgan fingerprint density at radius 3 is 2.33 bits per heavy atom. The van der Waals surface area contributed by atoms with E-state index in [0.717, 1.165) is 17.4 Å². The second-order valence-electron chi connectivity index (χ2n) is 4.66. The average molecular weight is 291 g/mol. The van der Waals surface area contributed by atoms with E-state index in [2.05, 4.69) is 5.32 Å². The summed E-state index contributed by atoms with van der Waals surface area (Å²) in [7, 11) is 0. The first kappa shape index (κ1) is 15.4. The highest BCUT2D eigenvalue weighted by Crippen LogP contribution is 2.26. The van der Waals surface area contributed by atoms with Crippen LogP contribution in [0.1, 0.15) is 31.0 Å². The van der Waals surface area contributed by atoms with Crippen molar-refractivity contribution in [3.8, 4) is 5.75 Å². The molecule has 0 saturated carbocycles. The van der Waals surface area contributed by atoms with Crippen LogP contribution in [0, 0.1) is 11.6 Å². The number of rotatable bonds is 6.